The molecule has 3 nitrogen and oxygen atoms in total. The van der Waals surface area contributed by atoms with Crippen LogP contribution >= 0.6 is 0 Å². The van der Waals surface area contributed by atoms with Gasteiger partial charge in [0.2, 0.25) is 0 Å². The summed E-state index contributed by atoms with van der Waals surface area (Å²) in [5.41, 5.74) is 0. The predicted molar refractivity (Wildman–Crippen MR) is 57.4 cm³/mol. The third-order valence-electron chi connectivity index (χ3n) is 2.87. The van der Waals surface area contributed by atoms with Crippen molar-refractivity contribution in [2.24, 2.45) is 0 Å². The first-order valence-electron chi connectivity index (χ1n) is 5.72. The lowest BCUT2D eigenvalue weighted by Gasteiger charge is -2.24. The third kappa shape index (κ3) is 3.95. The van der Waals surface area contributed by atoms with Crippen LogP contribution < -0.4 is 5.32 Å². The summed E-state index contributed by atoms with van der Waals surface area (Å²) in [5.74, 6) is 0. The van der Waals surface area contributed by atoms with E-state index in [2.05, 4.69) is 19.2 Å². The molecule has 2 N–H and O–H groups in total. The summed E-state index contributed by atoms with van der Waals surface area (Å²) < 4.78 is 5.61. The van der Waals surface area contributed by atoms with Gasteiger partial charge in [0.1, 0.15) is 0 Å². The lowest BCUT2D eigenvalue weighted by molar-refractivity contribution is 0.0797. The first kappa shape index (κ1) is 12.0. The number of hydrogen-bond acceptors (Lipinski definition) is 3. The molecule has 1 aliphatic rings. The molecule has 1 aliphatic heterocycles. The second-order valence-corrected chi connectivity index (χ2v) is 4.27. The van der Waals surface area contributed by atoms with Crippen molar-refractivity contribution in [1.82, 2.24) is 5.32 Å². The smallest absolute Gasteiger partial charge is 0.0726 e. The molecule has 0 saturated carbocycles. The van der Waals surface area contributed by atoms with Crippen LogP contribution in [-0.4, -0.2) is 36.5 Å². The zero-order chi connectivity index (χ0) is 10.4. The molecule has 3 heteroatoms. The van der Waals surface area contributed by atoms with Crippen molar-refractivity contribution in [2.45, 2.75) is 57.7 Å². The van der Waals surface area contributed by atoms with E-state index >= 15 is 0 Å². The van der Waals surface area contributed by atoms with Crippen LogP contribution in [0, 0.1) is 0 Å². The standard InChI is InChI=1S/C11H23NO2/c1-9(5-3-7-13)12-10(2)11-6-4-8-14-11/h9-13H,3-8H2,1-2H3. The van der Waals surface area contributed by atoms with Gasteiger partial charge in [-0.15, -0.1) is 0 Å². The van der Waals surface area contributed by atoms with Crippen molar-refractivity contribution in [2.75, 3.05) is 13.2 Å². The minimum atomic E-state index is 0.292. The number of ether oxygens (including phenoxy) is 1. The molecule has 1 saturated heterocycles. The number of hydrogen-bond donors (Lipinski definition) is 2. The average Bonchev–Trinajstić information content (AvgIpc) is 2.67. The Hall–Kier alpha value is -0.120. The Bertz CT molecular complexity index is 146. The van der Waals surface area contributed by atoms with Gasteiger partial charge in [0.05, 0.1) is 6.10 Å². The topological polar surface area (TPSA) is 41.5 Å². The van der Waals surface area contributed by atoms with Gasteiger partial charge in [-0.25, -0.2) is 0 Å². The summed E-state index contributed by atoms with van der Waals surface area (Å²) in [5, 5.41) is 12.2. The Balaban J connectivity index is 2.14. The van der Waals surface area contributed by atoms with Crippen LogP contribution in [0.1, 0.15) is 39.5 Å². The van der Waals surface area contributed by atoms with Crippen molar-refractivity contribution in [3.63, 3.8) is 0 Å². The van der Waals surface area contributed by atoms with E-state index in [0.717, 1.165) is 19.4 Å². The van der Waals surface area contributed by atoms with E-state index in [1.54, 1.807) is 0 Å². The Kier molecular flexibility index (Phi) is 5.45. The summed E-state index contributed by atoms with van der Waals surface area (Å²) in [7, 11) is 0. The summed E-state index contributed by atoms with van der Waals surface area (Å²) >= 11 is 0. The average molecular weight is 201 g/mol. The SMILES string of the molecule is CC(CCCO)NC(C)C1CCCO1. The summed E-state index contributed by atoms with van der Waals surface area (Å²) in [4.78, 5) is 0. The van der Waals surface area contributed by atoms with Crippen LogP contribution in [0.4, 0.5) is 0 Å². The molecule has 3 unspecified atom stereocenters. The van der Waals surface area contributed by atoms with Gasteiger partial charge in [0.25, 0.3) is 0 Å². The zero-order valence-electron chi connectivity index (χ0n) is 9.33. The van der Waals surface area contributed by atoms with Crippen LogP contribution in [0.25, 0.3) is 0 Å². The summed E-state index contributed by atoms with van der Waals surface area (Å²) in [6, 6.07) is 0.910. The molecule has 0 aromatic rings. The van der Waals surface area contributed by atoms with Crippen LogP contribution in [-0.2, 0) is 4.74 Å². The Morgan fingerprint density at radius 1 is 1.50 bits per heavy atom. The molecule has 0 radical (unpaired) electrons. The van der Waals surface area contributed by atoms with Crippen molar-refractivity contribution in [1.29, 1.82) is 0 Å². The van der Waals surface area contributed by atoms with Gasteiger partial charge in [0, 0.05) is 25.3 Å². The number of aliphatic hydroxyl groups excluding tert-OH is 1. The highest BCUT2D eigenvalue weighted by Crippen LogP contribution is 2.16. The number of nitrogens with one attached hydrogen (secondary N) is 1. The van der Waals surface area contributed by atoms with E-state index < -0.39 is 0 Å². The molecule has 0 aliphatic carbocycles. The fourth-order valence-corrected chi connectivity index (χ4v) is 2.03. The molecule has 3 atom stereocenters. The highest BCUT2D eigenvalue weighted by molar-refractivity contribution is 4.78. The van der Waals surface area contributed by atoms with Crippen LogP contribution in [0.15, 0.2) is 0 Å². The molecular formula is C11H23NO2. The predicted octanol–water partition coefficient (Wildman–Crippen LogP) is 1.30. The maximum atomic E-state index is 8.71. The molecule has 1 heterocycles. The fourth-order valence-electron chi connectivity index (χ4n) is 2.03. The highest BCUT2D eigenvalue weighted by atomic mass is 16.5. The van der Waals surface area contributed by atoms with Crippen molar-refractivity contribution < 1.29 is 9.84 Å². The Labute approximate surface area is 86.8 Å². The minimum absolute atomic E-state index is 0.292. The van der Waals surface area contributed by atoms with E-state index in [1.807, 2.05) is 0 Å². The normalized spacial score (nSPS) is 26.4. The molecule has 0 amide bonds. The first-order valence-corrected chi connectivity index (χ1v) is 5.72. The van der Waals surface area contributed by atoms with Crippen LogP contribution in [0.3, 0.4) is 0 Å². The summed E-state index contributed by atoms with van der Waals surface area (Å²) in [6.45, 7) is 5.56. The maximum absolute atomic E-state index is 8.71. The highest BCUT2D eigenvalue weighted by Gasteiger charge is 2.22. The molecule has 14 heavy (non-hydrogen) atoms. The fraction of sp³-hybridized carbons (Fsp3) is 1.00. The quantitative estimate of drug-likeness (QED) is 0.680. The van der Waals surface area contributed by atoms with Crippen molar-refractivity contribution in [3.05, 3.63) is 0 Å². The van der Waals surface area contributed by atoms with Gasteiger partial charge in [-0.1, -0.05) is 0 Å². The van der Waals surface area contributed by atoms with Gasteiger partial charge in [0.15, 0.2) is 0 Å². The van der Waals surface area contributed by atoms with Gasteiger partial charge in [-0.3, -0.25) is 0 Å². The molecule has 0 spiro atoms. The second kappa shape index (κ2) is 6.38. The van der Waals surface area contributed by atoms with Crippen molar-refractivity contribution >= 4 is 0 Å². The molecule has 0 aromatic carbocycles. The van der Waals surface area contributed by atoms with Crippen LogP contribution in [0.5, 0.6) is 0 Å². The van der Waals surface area contributed by atoms with E-state index in [9.17, 15) is 0 Å². The minimum Gasteiger partial charge on any atom is -0.396 e. The van der Waals surface area contributed by atoms with Crippen LogP contribution in [0.2, 0.25) is 0 Å². The van der Waals surface area contributed by atoms with E-state index in [-0.39, 0.29) is 0 Å². The number of rotatable bonds is 6. The lowest BCUT2D eigenvalue weighted by Crippen LogP contribution is -2.42. The molecule has 1 rings (SSSR count). The summed E-state index contributed by atoms with van der Waals surface area (Å²) in [6.07, 6.45) is 4.69. The van der Waals surface area contributed by atoms with E-state index in [4.69, 9.17) is 9.84 Å². The van der Waals surface area contributed by atoms with Gasteiger partial charge < -0.3 is 15.2 Å². The largest absolute Gasteiger partial charge is 0.396 e. The van der Waals surface area contributed by atoms with Gasteiger partial charge in [-0.2, -0.15) is 0 Å². The molecular weight excluding hydrogens is 178 g/mol. The maximum Gasteiger partial charge on any atom is 0.0726 e. The molecule has 1 fully saturated rings. The van der Waals surface area contributed by atoms with Gasteiger partial charge >= 0.3 is 0 Å². The van der Waals surface area contributed by atoms with Gasteiger partial charge in [-0.05, 0) is 39.5 Å². The second-order valence-electron chi connectivity index (χ2n) is 4.27. The molecule has 84 valence electrons. The molecule has 0 bridgehead atoms. The van der Waals surface area contributed by atoms with E-state index in [1.165, 1.54) is 12.8 Å². The monoisotopic (exact) mass is 201 g/mol. The number of aliphatic hydroxyl groups is 1. The third-order valence-corrected chi connectivity index (χ3v) is 2.87. The lowest BCUT2D eigenvalue weighted by atomic mass is 10.1. The Morgan fingerprint density at radius 3 is 2.86 bits per heavy atom. The molecule has 0 aromatic heterocycles. The zero-order valence-corrected chi connectivity index (χ0v) is 9.33. The van der Waals surface area contributed by atoms with E-state index in [0.29, 0.717) is 24.8 Å². The first-order chi connectivity index (χ1) is 6.74. The Morgan fingerprint density at radius 2 is 2.29 bits per heavy atom. The van der Waals surface area contributed by atoms with Crippen molar-refractivity contribution in [3.8, 4) is 0 Å².